The molecule has 5 nitrogen and oxygen atoms in total. The molecular weight excluding hydrogens is 190 g/mol. The molecule has 0 aromatic carbocycles. The van der Waals surface area contributed by atoms with E-state index >= 15 is 0 Å². The monoisotopic (exact) mass is 205 g/mol. The summed E-state index contributed by atoms with van der Waals surface area (Å²) in [4.78, 5) is 0. The van der Waals surface area contributed by atoms with E-state index in [2.05, 4.69) is 15.5 Å². The summed E-state index contributed by atoms with van der Waals surface area (Å²) in [5.41, 5.74) is 2.30. The Morgan fingerprint density at radius 1 is 1.27 bits per heavy atom. The van der Waals surface area contributed by atoms with E-state index in [9.17, 15) is 0 Å². The Balaban J connectivity index is 2.08. The van der Waals surface area contributed by atoms with Crippen LogP contribution in [0.1, 0.15) is 11.3 Å². The lowest BCUT2D eigenvalue weighted by Gasteiger charge is -2.07. The number of nitrogens with one attached hydrogen (secondary N) is 1. The van der Waals surface area contributed by atoms with Crippen molar-refractivity contribution in [2.24, 2.45) is 14.1 Å². The largest absolute Gasteiger partial charge is 0.364 e. The molecule has 0 fully saturated rings. The number of nitrogens with zero attached hydrogens (tertiary/aromatic N) is 4. The van der Waals surface area contributed by atoms with Crippen LogP contribution in [0.3, 0.4) is 0 Å². The third-order valence-electron chi connectivity index (χ3n) is 2.48. The molecule has 2 aromatic rings. The second-order valence-corrected chi connectivity index (χ2v) is 3.60. The van der Waals surface area contributed by atoms with Crippen molar-refractivity contribution >= 4 is 5.82 Å². The van der Waals surface area contributed by atoms with Crippen LogP contribution >= 0.6 is 0 Å². The highest BCUT2D eigenvalue weighted by atomic mass is 15.3. The molecule has 0 unspecified atom stereocenters. The van der Waals surface area contributed by atoms with Gasteiger partial charge in [-0.2, -0.15) is 10.2 Å². The summed E-state index contributed by atoms with van der Waals surface area (Å²) in [5.74, 6) is 1.05. The van der Waals surface area contributed by atoms with E-state index in [1.807, 2.05) is 42.6 Å². The maximum atomic E-state index is 4.17. The fraction of sp³-hybridized carbons (Fsp3) is 0.400. The SMILES string of the molecule is Cc1cnn(C)c1NCc1ccnn1C. The molecule has 0 saturated carbocycles. The summed E-state index contributed by atoms with van der Waals surface area (Å²) < 4.78 is 3.70. The van der Waals surface area contributed by atoms with E-state index in [-0.39, 0.29) is 0 Å². The van der Waals surface area contributed by atoms with E-state index < -0.39 is 0 Å². The first-order valence-electron chi connectivity index (χ1n) is 4.88. The molecule has 5 heteroatoms. The Hall–Kier alpha value is -1.78. The molecule has 2 heterocycles. The van der Waals surface area contributed by atoms with Gasteiger partial charge in [0.25, 0.3) is 0 Å². The summed E-state index contributed by atoms with van der Waals surface area (Å²) >= 11 is 0. The number of rotatable bonds is 3. The smallest absolute Gasteiger partial charge is 0.127 e. The maximum Gasteiger partial charge on any atom is 0.127 e. The highest BCUT2D eigenvalue weighted by molar-refractivity contribution is 5.42. The molecule has 2 rings (SSSR count). The van der Waals surface area contributed by atoms with Gasteiger partial charge in [-0.25, -0.2) is 0 Å². The maximum absolute atomic E-state index is 4.17. The second kappa shape index (κ2) is 3.76. The Morgan fingerprint density at radius 2 is 2.07 bits per heavy atom. The van der Waals surface area contributed by atoms with Gasteiger partial charge >= 0.3 is 0 Å². The standard InChI is InChI=1S/C10H15N5/c1-8-6-13-15(3)10(8)11-7-9-4-5-12-14(9)2/h4-6,11H,7H2,1-3H3. The van der Waals surface area contributed by atoms with Crippen LogP contribution in [0.15, 0.2) is 18.5 Å². The first-order chi connectivity index (χ1) is 7.18. The number of anilines is 1. The summed E-state index contributed by atoms with van der Waals surface area (Å²) in [6.45, 7) is 2.80. The summed E-state index contributed by atoms with van der Waals surface area (Å²) in [7, 11) is 3.87. The molecule has 0 spiro atoms. The first kappa shape index (κ1) is 9.76. The van der Waals surface area contributed by atoms with Crippen LogP contribution in [0.4, 0.5) is 5.82 Å². The van der Waals surface area contributed by atoms with Crippen molar-refractivity contribution in [3.05, 3.63) is 29.7 Å². The number of aryl methyl sites for hydroxylation is 3. The Bertz CT molecular complexity index is 435. The van der Waals surface area contributed by atoms with Crippen molar-refractivity contribution in [3.8, 4) is 0 Å². The number of hydrogen-bond donors (Lipinski definition) is 1. The Labute approximate surface area is 88.7 Å². The van der Waals surface area contributed by atoms with Gasteiger partial charge in [-0.3, -0.25) is 9.36 Å². The second-order valence-electron chi connectivity index (χ2n) is 3.60. The third-order valence-corrected chi connectivity index (χ3v) is 2.48. The van der Waals surface area contributed by atoms with Crippen molar-refractivity contribution in [1.82, 2.24) is 19.6 Å². The molecule has 2 aromatic heterocycles. The number of aromatic nitrogens is 4. The average Bonchev–Trinajstić information content (AvgIpc) is 2.73. The fourth-order valence-corrected chi connectivity index (χ4v) is 1.55. The fourth-order valence-electron chi connectivity index (χ4n) is 1.55. The van der Waals surface area contributed by atoms with Crippen molar-refractivity contribution in [2.75, 3.05) is 5.32 Å². The lowest BCUT2D eigenvalue weighted by atomic mass is 10.3. The van der Waals surface area contributed by atoms with Gasteiger partial charge in [-0.1, -0.05) is 0 Å². The molecule has 0 bridgehead atoms. The number of hydrogen-bond acceptors (Lipinski definition) is 3. The van der Waals surface area contributed by atoms with E-state index in [4.69, 9.17) is 0 Å². The topological polar surface area (TPSA) is 47.7 Å². The summed E-state index contributed by atoms with van der Waals surface area (Å²) in [6, 6.07) is 2.00. The highest BCUT2D eigenvalue weighted by Gasteiger charge is 2.04. The highest BCUT2D eigenvalue weighted by Crippen LogP contribution is 2.13. The summed E-state index contributed by atoms with van der Waals surface area (Å²) in [6.07, 6.45) is 3.65. The molecule has 80 valence electrons. The van der Waals surface area contributed by atoms with Gasteiger partial charge in [0.15, 0.2) is 0 Å². The average molecular weight is 205 g/mol. The zero-order valence-electron chi connectivity index (χ0n) is 9.23. The minimum Gasteiger partial charge on any atom is -0.364 e. The molecule has 0 amide bonds. The van der Waals surface area contributed by atoms with Crippen LogP contribution in [-0.2, 0) is 20.6 Å². The molecule has 1 N–H and O–H groups in total. The Morgan fingerprint density at radius 3 is 2.60 bits per heavy atom. The zero-order valence-corrected chi connectivity index (χ0v) is 9.23. The molecule has 0 aliphatic heterocycles. The van der Waals surface area contributed by atoms with Gasteiger partial charge in [0.2, 0.25) is 0 Å². The summed E-state index contributed by atoms with van der Waals surface area (Å²) in [5, 5.41) is 11.6. The van der Waals surface area contributed by atoms with E-state index in [0.29, 0.717) is 0 Å². The van der Waals surface area contributed by atoms with Crippen molar-refractivity contribution < 1.29 is 0 Å². The van der Waals surface area contributed by atoms with Crippen LogP contribution in [-0.4, -0.2) is 19.6 Å². The predicted octanol–water partition coefficient (Wildman–Crippen LogP) is 1.07. The molecule has 0 aliphatic carbocycles. The van der Waals surface area contributed by atoms with Gasteiger partial charge in [-0.15, -0.1) is 0 Å². The van der Waals surface area contributed by atoms with E-state index in [1.54, 1.807) is 6.20 Å². The minimum absolute atomic E-state index is 0.761. The minimum atomic E-state index is 0.761. The van der Waals surface area contributed by atoms with Gasteiger partial charge in [0.1, 0.15) is 5.82 Å². The van der Waals surface area contributed by atoms with Crippen molar-refractivity contribution in [3.63, 3.8) is 0 Å². The van der Waals surface area contributed by atoms with Gasteiger partial charge < -0.3 is 5.32 Å². The first-order valence-corrected chi connectivity index (χ1v) is 4.88. The van der Waals surface area contributed by atoms with Gasteiger partial charge in [-0.05, 0) is 13.0 Å². The Kier molecular flexibility index (Phi) is 2.45. The van der Waals surface area contributed by atoms with Crippen LogP contribution in [0.5, 0.6) is 0 Å². The normalized spacial score (nSPS) is 10.6. The molecule has 15 heavy (non-hydrogen) atoms. The predicted molar refractivity (Wildman–Crippen MR) is 58.5 cm³/mol. The van der Waals surface area contributed by atoms with Gasteiger partial charge in [0, 0.05) is 25.9 Å². The molecule has 0 radical (unpaired) electrons. The molecule has 0 saturated heterocycles. The van der Waals surface area contributed by atoms with Crippen LogP contribution in [0.25, 0.3) is 0 Å². The van der Waals surface area contributed by atoms with Crippen LogP contribution in [0, 0.1) is 6.92 Å². The van der Waals surface area contributed by atoms with Crippen LogP contribution in [0.2, 0.25) is 0 Å². The quantitative estimate of drug-likeness (QED) is 0.815. The molecule has 0 aliphatic rings. The third kappa shape index (κ3) is 1.86. The van der Waals surface area contributed by atoms with Crippen molar-refractivity contribution in [1.29, 1.82) is 0 Å². The molecule has 0 atom stereocenters. The van der Waals surface area contributed by atoms with E-state index in [1.165, 1.54) is 0 Å². The lowest BCUT2D eigenvalue weighted by Crippen LogP contribution is -2.09. The molecular formula is C10H15N5. The zero-order chi connectivity index (χ0) is 10.8. The van der Waals surface area contributed by atoms with Gasteiger partial charge in [0.05, 0.1) is 18.4 Å². The lowest BCUT2D eigenvalue weighted by molar-refractivity contribution is 0.713. The van der Waals surface area contributed by atoms with Crippen molar-refractivity contribution in [2.45, 2.75) is 13.5 Å². The van der Waals surface area contributed by atoms with E-state index in [0.717, 1.165) is 23.6 Å². The van der Waals surface area contributed by atoms with Crippen LogP contribution < -0.4 is 5.32 Å².